The number of amides is 7. The molecule has 32 heteroatoms. The molecule has 2 saturated heterocycles. The molecule has 2 heterocycles. The van der Waals surface area contributed by atoms with Crippen LogP contribution in [0.1, 0.15) is 485 Å². The van der Waals surface area contributed by atoms with Gasteiger partial charge in [0.2, 0.25) is 17.7 Å². The molecule has 2 aliphatic heterocycles. The summed E-state index contributed by atoms with van der Waals surface area (Å²) in [5.74, 6) is -7.43. The summed E-state index contributed by atoms with van der Waals surface area (Å²) in [6.45, 7) is 11.4. The summed E-state index contributed by atoms with van der Waals surface area (Å²) in [6.07, 6.45) is 71.5. The Morgan fingerprint density at radius 1 is 0.269 bits per heavy atom. The van der Waals surface area contributed by atoms with Gasteiger partial charge >= 0.3 is 23.9 Å². The van der Waals surface area contributed by atoms with E-state index < -0.39 is 95.5 Å². The van der Waals surface area contributed by atoms with Crippen LogP contribution in [0.25, 0.3) is 0 Å². The van der Waals surface area contributed by atoms with Crippen LogP contribution in [0.3, 0.4) is 0 Å². The highest BCUT2D eigenvalue weighted by Gasteiger charge is 2.35. The number of hydroxylamine groups is 4. The fraction of sp³-hybridized carbons (Fsp3) is 0.814. The number of rotatable bonds is 99. The lowest BCUT2D eigenvalue weighted by Crippen LogP contribution is -2.46. The summed E-state index contributed by atoms with van der Waals surface area (Å²) in [5, 5.41) is 51.1. The van der Waals surface area contributed by atoms with Crippen molar-refractivity contribution < 1.29 is 130 Å². The highest BCUT2D eigenvalue weighted by atomic mass is 16.7. The normalized spacial score (nSPS) is 13.8. The molecule has 6 atom stereocenters. The third-order valence-corrected chi connectivity index (χ3v) is 25.1. The van der Waals surface area contributed by atoms with E-state index in [-0.39, 0.29) is 179 Å². The van der Waals surface area contributed by atoms with Crippen LogP contribution in [0.5, 0.6) is 0 Å². The summed E-state index contributed by atoms with van der Waals surface area (Å²) < 4.78 is 31.8. The number of aliphatic hydroxyl groups excluding tert-OH is 4. The number of nitrogens with zero attached hydrogens (tertiary/aromatic N) is 2. The van der Waals surface area contributed by atoms with E-state index in [1.54, 1.807) is 18.2 Å². The van der Waals surface area contributed by atoms with Gasteiger partial charge in [0.05, 0.1) is 95.2 Å². The minimum absolute atomic E-state index is 0.0124. The molecular weight excluding hydrogens is 1860 g/mol. The maximum atomic E-state index is 12.8. The van der Waals surface area contributed by atoms with Gasteiger partial charge in [0.1, 0.15) is 39.6 Å². The average Bonchev–Trinajstić information content (AvgIpc) is 1.73. The number of nitrogens with one attached hydrogen (secondary N) is 3. The first-order valence-electron chi connectivity index (χ1n) is 56.6. The summed E-state index contributed by atoms with van der Waals surface area (Å²) in [4.78, 5) is 189. The van der Waals surface area contributed by atoms with Gasteiger partial charge in [0.25, 0.3) is 23.6 Å². The second-order valence-electron chi connectivity index (χ2n) is 38.8. The van der Waals surface area contributed by atoms with Gasteiger partial charge in [-0.05, 0) is 57.8 Å². The number of hydrogen-bond donors (Lipinski definition) is 7. The standard InChI is InChI=1S/C66H120N2O12.C27H53NO3.C20H24N2O12/c1-5-9-13-17-21-23-25-27-29-31-33-35-39-43-61(71)59(67-63(73)45-41-37-19-15-11-7-3)55-79-65(75)49-47-57(69)53-77-51-52-78-54-58(70)48-50-66(76)80-56-60(68-64(74)46-42-38-20-16-12-8-4)62(72)44-40-36-34-32-30-28-26-24-22-18-14-10-6-2;1-3-5-7-9-11-12-13-14-15-16-17-18-20-22-26(30)25(24-29)28-27(31)23-21-19-10-8-6-4-2;23-13(1-7-19(29)33-21-15(25)3-4-16(21)26)11-31-9-10-32-12-14(24)2-8-20(30)34-22-17(27)5-6-18(22)28/h39-40,43-44,59-62,71-72H,5-38,41-42,45-56H2,1-4H3,(H,67,73)(H,68,74);20,22,25-26,29-30H,3-19,21,23-24H2,1-2H3,(H,28,31);1-12H2/b43-39+,44-40+;22-20+;. The van der Waals surface area contributed by atoms with Gasteiger partial charge in [-0.3, -0.25) is 62.3 Å². The quantitative estimate of drug-likeness (QED) is 0.0129. The minimum atomic E-state index is -1.04. The maximum absolute atomic E-state index is 12.8. The fourth-order valence-electron chi connectivity index (χ4n) is 16.0. The Balaban J connectivity index is 0.00000258. The van der Waals surface area contributed by atoms with Crippen molar-refractivity contribution in [1.29, 1.82) is 0 Å². The van der Waals surface area contributed by atoms with Crippen LogP contribution >= 0.6 is 0 Å². The van der Waals surface area contributed by atoms with Gasteiger partial charge in [0, 0.05) is 70.6 Å². The van der Waals surface area contributed by atoms with Crippen LogP contribution < -0.4 is 16.0 Å². The van der Waals surface area contributed by atoms with Crippen molar-refractivity contribution in [3.63, 3.8) is 0 Å². The number of ether oxygens (including phenoxy) is 6. The van der Waals surface area contributed by atoms with Crippen molar-refractivity contribution in [3.8, 4) is 0 Å². The number of unbranched alkanes of at least 4 members (excludes halogenated alkanes) is 48. The Hall–Kier alpha value is -7.85. The topological polar surface area (TPSA) is 453 Å². The summed E-state index contributed by atoms with van der Waals surface area (Å²) in [7, 11) is 0. The zero-order valence-electron chi connectivity index (χ0n) is 90.6. The number of Topliss-reactive ketones (excluding diaryl/α,β-unsaturated/α-hetero) is 4. The van der Waals surface area contributed by atoms with E-state index in [1.165, 1.54) is 218 Å². The SMILES string of the molecule is CCCCCCCCCCCCC/C=C/C(O)C(CO)NC(=O)CCCCCCCC.CCCCCCCCCCCCC/C=C/C(O)C(COC(=O)CCC(=O)COCCOCC(=O)CCC(=O)OCC(NC(=O)CCCCCCCC)C(O)/C=C/CCCCCCCCCCCCC)NC(=O)CCCCCCCC.O=C(CCC(=O)ON1C(=O)CCC1=O)COCCOCC(=O)CCC(=O)ON1C(=O)CCC1=O. The Morgan fingerprint density at radius 2 is 0.469 bits per heavy atom. The van der Waals surface area contributed by atoms with Crippen molar-refractivity contribution in [1.82, 2.24) is 26.1 Å². The number of hydrogen-bond acceptors (Lipinski definition) is 27. The predicted octanol–water partition coefficient (Wildman–Crippen LogP) is 20.3. The van der Waals surface area contributed by atoms with Gasteiger partial charge in [-0.2, -0.15) is 0 Å². The highest BCUT2D eigenvalue weighted by molar-refractivity contribution is 6.02. The van der Waals surface area contributed by atoms with Gasteiger partial charge in [0.15, 0.2) is 23.1 Å². The number of carbonyl (C=O) groups is 15. The largest absolute Gasteiger partial charge is 0.463 e. The van der Waals surface area contributed by atoms with E-state index in [2.05, 4.69) is 67.2 Å². The number of carbonyl (C=O) groups excluding carboxylic acids is 15. The molecule has 7 N–H and O–H groups in total. The van der Waals surface area contributed by atoms with Crippen LogP contribution in [0.2, 0.25) is 0 Å². The molecule has 2 fully saturated rings. The second kappa shape index (κ2) is 99.4. The smallest absolute Gasteiger partial charge is 0.333 e. The fourth-order valence-corrected chi connectivity index (χ4v) is 16.0. The highest BCUT2D eigenvalue weighted by Crippen LogP contribution is 2.21. The molecule has 2 aliphatic rings. The third-order valence-electron chi connectivity index (χ3n) is 25.1. The third kappa shape index (κ3) is 85.6. The zero-order valence-corrected chi connectivity index (χ0v) is 90.6. The lowest BCUT2D eigenvalue weighted by molar-refractivity contribution is -0.197. The number of allylic oxidation sites excluding steroid dienone is 3. The van der Waals surface area contributed by atoms with E-state index in [9.17, 15) is 92.3 Å². The number of aliphatic hydroxyl groups is 4. The van der Waals surface area contributed by atoms with Crippen LogP contribution in [0, 0.1) is 0 Å². The van der Waals surface area contributed by atoms with Crippen LogP contribution in [0.15, 0.2) is 36.5 Å². The van der Waals surface area contributed by atoms with E-state index in [0.717, 1.165) is 128 Å². The van der Waals surface area contributed by atoms with Gasteiger partial charge in [-0.25, -0.2) is 9.59 Å². The minimum Gasteiger partial charge on any atom is -0.463 e. The molecule has 0 bridgehead atoms. The Kier molecular flexibility index (Phi) is 94.0. The summed E-state index contributed by atoms with van der Waals surface area (Å²) >= 11 is 0. The molecular formula is C113H197N5O27. The summed E-state index contributed by atoms with van der Waals surface area (Å²) in [6, 6.07) is -2.25. The lowest BCUT2D eigenvalue weighted by atomic mass is 10.0. The molecule has 7 amide bonds. The zero-order chi connectivity index (χ0) is 107. The molecule has 2 rings (SSSR count). The molecule has 6 unspecified atom stereocenters. The molecule has 32 nitrogen and oxygen atoms in total. The number of ketones is 4. The Morgan fingerprint density at radius 3 is 0.697 bits per heavy atom. The predicted molar refractivity (Wildman–Crippen MR) is 562 cm³/mol. The maximum Gasteiger partial charge on any atom is 0.333 e. The van der Waals surface area contributed by atoms with Crippen molar-refractivity contribution in [2.45, 2.75) is 521 Å². The van der Waals surface area contributed by atoms with E-state index in [0.29, 0.717) is 29.4 Å². The molecule has 145 heavy (non-hydrogen) atoms. The van der Waals surface area contributed by atoms with Crippen molar-refractivity contribution in [2.75, 3.05) is 72.7 Å². The van der Waals surface area contributed by atoms with E-state index >= 15 is 0 Å². The van der Waals surface area contributed by atoms with Crippen molar-refractivity contribution in [2.24, 2.45) is 0 Å². The molecule has 0 saturated carbocycles. The van der Waals surface area contributed by atoms with Crippen LogP contribution in [0.4, 0.5) is 0 Å². The average molecular weight is 2060 g/mol. The van der Waals surface area contributed by atoms with E-state index in [4.69, 9.17) is 28.4 Å². The van der Waals surface area contributed by atoms with Crippen molar-refractivity contribution in [3.05, 3.63) is 36.5 Å². The molecule has 836 valence electrons. The first-order valence-corrected chi connectivity index (χ1v) is 56.6. The first kappa shape index (κ1) is 137. The van der Waals surface area contributed by atoms with E-state index in [1.807, 2.05) is 18.2 Å². The molecule has 0 aromatic heterocycles. The van der Waals surface area contributed by atoms with Gasteiger partial charge < -0.3 is 74.5 Å². The van der Waals surface area contributed by atoms with Crippen LogP contribution in [-0.4, -0.2) is 228 Å². The first-order chi connectivity index (χ1) is 70.3. The lowest BCUT2D eigenvalue weighted by Gasteiger charge is -2.22. The van der Waals surface area contributed by atoms with Gasteiger partial charge in [-0.1, -0.05) is 367 Å². The van der Waals surface area contributed by atoms with Gasteiger partial charge in [-0.15, -0.1) is 10.1 Å². The molecule has 0 aromatic carbocycles. The number of imide groups is 2. The number of esters is 2. The summed E-state index contributed by atoms with van der Waals surface area (Å²) in [5.41, 5.74) is 0. The molecule has 0 radical (unpaired) electrons. The monoisotopic (exact) mass is 2060 g/mol. The Bertz CT molecular complexity index is 3270. The molecule has 0 aromatic rings. The molecule has 0 spiro atoms. The van der Waals surface area contributed by atoms with Crippen LogP contribution in [-0.2, 0) is 110 Å². The second-order valence-corrected chi connectivity index (χ2v) is 38.8. The molecule has 0 aliphatic carbocycles. The van der Waals surface area contributed by atoms with Crippen molar-refractivity contribution >= 4 is 88.4 Å². The Labute approximate surface area is 870 Å².